The van der Waals surface area contributed by atoms with Crippen molar-refractivity contribution in [1.29, 1.82) is 0 Å². The number of β-amino-alcohol motifs (C(OH)–C–C–N with tert-alkyl or cyclic N) is 1. The Labute approximate surface area is 121 Å². The van der Waals surface area contributed by atoms with Gasteiger partial charge in [-0.15, -0.1) is 0 Å². The summed E-state index contributed by atoms with van der Waals surface area (Å²) in [6.45, 7) is 2.22. The Morgan fingerprint density at radius 3 is 2.76 bits per heavy atom. The minimum absolute atomic E-state index is 0.267. The molecule has 0 aliphatic carbocycles. The normalized spacial score (nSPS) is 21.8. The van der Waals surface area contributed by atoms with E-state index in [-0.39, 0.29) is 6.04 Å². The van der Waals surface area contributed by atoms with E-state index in [4.69, 9.17) is 0 Å². The number of hydrogen-bond donors (Lipinski definition) is 1. The average molecular weight is 291 g/mol. The van der Waals surface area contributed by atoms with Gasteiger partial charge in [0.15, 0.2) is 11.6 Å². The van der Waals surface area contributed by atoms with Gasteiger partial charge in [0.1, 0.15) is 0 Å². The second-order valence-corrected chi connectivity index (χ2v) is 5.23. The molecular weight excluding hydrogens is 276 g/mol. The second kappa shape index (κ2) is 5.37. The van der Waals surface area contributed by atoms with E-state index < -0.39 is 17.7 Å². The lowest BCUT2D eigenvalue weighted by molar-refractivity contribution is 0.194. The molecule has 110 valence electrons. The third kappa shape index (κ3) is 2.71. The molecule has 0 unspecified atom stereocenters. The largest absolute Gasteiger partial charge is 0.391 e. The number of aliphatic hydroxyl groups is 1. The van der Waals surface area contributed by atoms with Gasteiger partial charge in [-0.25, -0.2) is 18.7 Å². The highest BCUT2D eigenvalue weighted by atomic mass is 19.2. The predicted octanol–water partition coefficient (Wildman–Crippen LogP) is 2.38. The summed E-state index contributed by atoms with van der Waals surface area (Å²) in [5.74, 6) is -1.28. The van der Waals surface area contributed by atoms with Crippen LogP contribution < -0.4 is 4.90 Å². The Morgan fingerprint density at radius 2 is 2.05 bits per heavy atom. The molecule has 1 aromatic heterocycles. The quantitative estimate of drug-likeness (QED) is 0.923. The van der Waals surface area contributed by atoms with Gasteiger partial charge in [0.05, 0.1) is 12.1 Å². The third-order valence-corrected chi connectivity index (χ3v) is 3.65. The van der Waals surface area contributed by atoms with Crippen LogP contribution in [0, 0.1) is 18.6 Å². The lowest BCUT2D eigenvalue weighted by Crippen LogP contribution is -2.26. The lowest BCUT2D eigenvalue weighted by Gasteiger charge is -2.24. The van der Waals surface area contributed by atoms with Crippen LogP contribution in [0.25, 0.3) is 0 Å². The monoisotopic (exact) mass is 291 g/mol. The van der Waals surface area contributed by atoms with Crippen LogP contribution in [-0.2, 0) is 0 Å². The van der Waals surface area contributed by atoms with E-state index in [1.165, 1.54) is 12.1 Å². The molecule has 0 bridgehead atoms. The van der Waals surface area contributed by atoms with E-state index in [1.54, 1.807) is 12.3 Å². The zero-order valence-electron chi connectivity index (χ0n) is 11.5. The van der Waals surface area contributed by atoms with E-state index in [1.807, 2.05) is 11.8 Å². The fourth-order valence-corrected chi connectivity index (χ4v) is 2.64. The Morgan fingerprint density at radius 1 is 1.24 bits per heavy atom. The molecule has 1 N–H and O–H groups in total. The molecule has 0 amide bonds. The summed E-state index contributed by atoms with van der Waals surface area (Å²) >= 11 is 0. The molecule has 0 radical (unpaired) electrons. The van der Waals surface area contributed by atoms with Crippen molar-refractivity contribution in [2.24, 2.45) is 0 Å². The van der Waals surface area contributed by atoms with Crippen molar-refractivity contribution in [3.05, 3.63) is 53.4 Å². The summed E-state index contributed by atoms with van der Waals surface area (Å²) in [6.07, 6.45) is 1.53. The molecule has 3 rings (SSSR count). The van der Waals surface area contributed by atoms with Crippen molar-refractivity contribution in [2.75, 3.05) is 11.4 Å². The lowest BCUT2D eigenvalue weighted by atomic mass is 10.0. The average Bonchev–Trinajstić information content (AvgIpc) is 2.84. The summed E-state index contributed by atoms with van der Waals surface area (Å²) in [4.78, 5) is 10.4. The van der Waals surface area contributed by atoms with Gasteiger partial charge in [0.25, 0.3) is 0 Å². The van der Waals surface area contributed by atoms with Crippen molar-refractivity contribution in [1.82, 2.24) is 9.97 Å². The van der Waals surface area contributed by atoms with Crippen LogP contribution in [0.2, 0.25) is 0 Å². The minimum atomic E-state index is -0.890. The fraction of sp³-hybridized carbons (Fsp3) is 0.333. The maximum Gasteiger partial charge on any atom is 0.226 e. The van der Waals surface area contributed by atoms with Gasteiger partial charge in [-0.1, -0.05) is 6.07 Å². The first-order valence-corrected chi connectivity index (χ1v) is 6.74. The molecule has 4 nitrogen and oxygen atoms in total. The van der Waals surface area contributed by atoms with E-state index >= 15 is 0 Å². The summed E-state index contributed by atoms with van der Waals surface area (Å²) in [5.41, 5.74) is 1.42. The minimum Gasteiger partial charge on any atom is -0.391 e. The zero-order valence-corrected chi connectivity index (χ0v) is 11.5. The van der Waals surface area contributed by atoms with Gasteiger partial charge >= 0.3 is 0 Å². The van der Waals surface area contributed by atoms with Crippen LogP contribution in [0.1, 0.15) is 23.7 Å². The molecule has 6 heteroatoms. The topological polar surface area (TPSA) is 49.2 Å². The van der Waals surface area contributed by atoms with Crippen LogP contribution in [0.5, 0.6) is 0 Å². The van der Waals surface area contributed by atoms with Crippen LogP contribution in [0.3, 0.4) is 0 Å². The first kappa shape index (κ1) is 13.9. The molecule has 21 heavy (non-hydrogen) atoms. The summed E-state index contributed by atoms with van der Waals surface area (Å²) in [6, 6.07) is 5.31. The molecule has 2 atom stereocenters. The highest BCUT2D eigenvalue weighted by Gasteiger charge is 2.34. The smallest absolute Gasteiger partial charge is 0.226 e. The molecular formula is C15H15F2N3O. The SMILES string of the molecule is Cc1ccnc(N2C[C@@H](O)C[C@H]2c2ccc(F)c(F)c2)n1. The van der Waals surface area contributed by atoms with Gasteiger partial charge in [-0.3, -0.25) is 0 Å². The molecule has 1 saturated heterocycles. The number of anilines is 1. The fourth-order valence-electron chi connectivity index (χ4n) is 2.64. The molecule has 1 aliphatic rings. The highest BCUT2D eigenvalue weighted by molar-refractivity contribution is 5.39. The Kier molecular flexibility index (Phi) is 3.55. The van der Waals surface area contributed by atoms with Gasteiger partial charge in [0.2, 0.25) is 5.95 Å². The second-order valence-electron chi connectivity index (χ2n) is 5.23. The van der Waals surface area contributed by atoms with Crippen molar-refractivity contribution in [3.63, 3.8) is 0 Å². The molecule has 1 aliphatic heterocycles. The first-order chi connectivity index (χ1) is 10.0. The number of rotatable bonds is 2. The van der Waals surface area contributed by atoms with Crippen LogP contribution >= 0.6 is 0 Å². The van der Waals surface area contributed by atoms with Crippen molar-refractivity contribution >= 4 is 5.95 Å². The molecule has 1 fully saturated rings. The standard InChI is InChI=1S/C15H15F2N3O/c1-9-4-5-18-15(19-9)20-8-11(21)7-14(20)10-2-3-12(16)13(17)6-10/h2-6,11,14,21H,7-8H2,1H3/t11-,14-/m0/s1. The molecule has 2 aromatic rings. The van der Waals surface area contributed by atoms with Gasteiger partial charge in [0, 0.05) is 18.4 Å². The molecule has 2 heterocycles. The van der Waals surface area contributed by atoms with Gasteiger partial charge in [-0.2, -0.15) is 0 Å². The van der Waals surface area contributed by atoms with E-state index in [0.717, 1.165) is 11.8 Å². The third-order valence-electron chi connectivity index (χ3n) is 3.65. The van der Waals surface area contributed by atoms with E-state index in [0.29, 0.717) is 24.5 Å². The highest BCUT2D eigenvalue weighted by Crippen LogP contribution is 2.35. The van der Waals surface area contributed by atoms with Crippen molar-refractivity contribution in [3.8, 4) is 0 Å². The van der Waals surface area contributed by atoms with Crippen molar-refractivity contribution < 1.29 is 13.9 Å². The zero-order chi connectivity index (χ0) is 15.0. The van der Waals surface area contributed by atoms with Gasteiger partial charge in [-0.05, 0) is 37.1 Å². The number of aromatic nitrogens is 2. The number of benzene rings is 1. The Hall–Kier alpha value is -2.08. The molecule has 0 spiro atoms. The maximum atomic E-state index is 13.4. The van der Waals surface area contributed by atoms with E-state index in [9.17, 15) is 13.9 Å². The van der Waals surface area contributed by atoms with Crippen LogP contribution in [-0.4, -0.2) is 27.7 Å². The Balaban J connectivity index is 1.97. The molecule has 1 aromatic carbocycles. The van der Waals surface area contributed by atoms with Crippen LogP contribution in [0.15, 0.2) is 30.5 Å². The maximum absolute atomic E-state index is 13.4. The number of halogens is 2. The molecule has 0 saturated carbocycles. The number of nitrogens with zero attached hydrogens (tertiary/aromatic N) is 3. The summed E-state index contributed by atoms with van der Waals surface area (Å²) in [7, 11) is 0. The number of aryl methyl sites for hydroxylation is 1. The number of aliphatic hydroxyl groups excluding tert-OH is 1. The number of hydrogen-bond acceptors (Lipinski definition) is 4. The Bertz CT molecular complexity index is 665. The van der Waals surface area contributed by atoms with Crippen LogP contribution in [0.4, 0.5) is 14.7 Å². The van der Waals surface area contributed by atoms with Crippen molar-refractivity contribution in [2.45, 2.75) is 25.5 Å². The van der Waals surface area contributed by atoms with E-state index in [2.05, 4.69) is 9.97 Å². The summed E-state index contributed by atoms with van der Waals surface area (Å²) < 4.78 is 26.5. The van der Waals surface area contributed by atoms with Gasteiger partial charge < -0.3 is 10.0 Å². The summed E-state index contributed by atoms with van der Waals surface area (Å²) in [5, 5.41) is 9.92. The predicted molar refractivity (Wildman–Crippen MR) is 73.8 cm³/mol. The first-order valence-electron chi connectivity index (χ1n) is 6.74.